The van der Waals surface area contributed by atoms with Gasteiger partial charge >= 0.3 is 5.97 Å². The molecule has 2 aliphatic heterocycles. The topological polar surface area (TPSA) is 68.2 Å². The van der Waals surface area contributed by atoms with E-state index in [0.717, 1.165) is 81.3 Å². The lowest BCUT2D eigenvalue weighted by atomic mass is 9.67. The van der Waals surface area contributed by atoms with E-state index in [9.17, 15) is 9.90 Å². The van der Waals surface area contributed by atoms with Crippen molar-refractivity contribution in [2.24, 2.45) is 17.8 Å². The van der Waals surface area contributed by atoms with Crippen LogP contribution in [0.25, 0.3) is 0 Å². The number of carbonyl (C=O) groups is 1. The van der Waals surface area contributed by atoms with E-state index in [0.29, 0.717) is 29.9 Å². The van der Waals surface area contributed by atoms with Gasteiger partial charge in [-0.15, -0.1) is 0 Å². The van der Waals surface area contributed by atoms with Crippen molar-refractivity contribution in [3.63, 3.8) is 0 Å². The van der Waals surface area contributed by atoms with Crippen LogP contribution in [0.15, 0.2) is 36.4 Å². The second-order valence-electron chi connectivity index (χ2n) is 12.6. The predicted molar refractivity (Wildman–Crippen MR) is 157 cm³/mol. The summed E-state index contributed by atoms with van der Waals surface area (Å²) in [5, 5.41) is 10.6. The molecule has 2 heterocycles. The number of fused-ring (bicyclic) bond motifs is 3. The van der Waals surface area contributed by atoms with Gasteiger partial charge in [0.2, 0.25) is 0 Å². The first-order valence-corrected chi connectivity index (χ1v) is 15.5. The quantitative estimate of drug-likeness (QED) is 0.399. The van der Waals surface area contributed by atoms with Crippen LogP contribution in [0.1, 0.15) is 73.9 Å². The maximum absolute atomic E-state index is 12.0. The number of hydrogen-bond donors (Lipinski definition) is 1. The van der Waals surface area contributed by atoms with E-state index >= 15 is 0 Å². The van der Waals surface area contributed by atoms with Gasteiger partial charge in [-0.3, -0.25) is 0 Å². The Balaban J connectivity index is 1.29. The predicted octanol–water partition coefficient (Wildman–Crippen LogP) is 6.76. The van der Waals surface area contributed by atoms with Gasteiger partial charge in [0.05, 0.1) is 36.7 Å². The molecule has 2 aromatic carbocycles. The Morgan fingerprint density at radius 1 is 1.23 bits per heavy atom. The standard InChI is InChI=1S/C33H42ClNO5/c1-3-13-38-30-16-31(39-18-21(30)2)26-9-6-24(26)17-35-19-33(12-4-5-22-14-25(34)8-10-27(22)33)20-40-29-11-7-23(32(36)37)15-28(29)35/h7-8,10-11,14-15,21,24,26,30-31H,3-6,9,12-13,16-20H2,1-2H3,(H,36,37)/t21-,24+,26-,30-,31-,33+/m1/s1. The second kappa shape index (κ2) is 11.5. The van der Waals surface area contributed by atoms with Gasteiger partial charge in [-0.1, -0.05) is 31.5 Å². The van der Waals surface area contributed by atoms with E-state index in [4.69, 9.17) is 25.8 Å². The zero-order valence-corrected chi connectivity index (χ0v) is 24.5. The molecule has 4 aliphatic rings. The molecule has 1 saturated heterocycles. The molecule has 40 heavy (non-hydrogen) atoms. The summed E-state index contributed by atoms with van der Waals surface area (Å²) in [4.78, 5) is 14.4. The smallest absolute Gasteiger partial charge is 0.335 e. The molecule has 0 amide bonds. The average Bonchev–Trinajstić information content (AvgIpc) is 3.08. The van der Waals surface area contributed by atoms with Crippen molar-refractivity contribution in [1.29, 1.82) is 0 Å². The van der Waals surface area contributed by atoms with Gasteiger partial charge in [0.1, 0.15) is 5.75 Å². The third kappa shape index (κ3) is 5.35. The average molecular weight is 568 g/mol. The molecular formula is C33H42ClNO5. The fourth-order valence-corrected chi connectivity index (χ4v) is 7.75. The number of nitrogens with zero attached hydrogens (tertiary/aromatic N) is 1. The number of rotatable bonds is 7. The molecule has 0 aromatic heterocycles. The summed E-state index contributed by atoms with van der Waals surface area (Å²) in [6.45, 7) is 8.20. The molecule has 1 saturated carbocycles. The van der Waals surface area contributed by atoms with Crippen molar-refractivity contribution in [2.75, 3.05) is 37.8 Å². The van der Waals surface area contributed by atoms with Crippen molar-refractivity contribution in [2.45, 2.75) is 76.4 Å². The first-order valence-electron chi connectivity index (χ1n) is 15.1. The normalized spacial score (nSPS) is 31.5. The lowest BCUT2D eigenvalue weighted by Gasteiger charge is -2.48. The van der Waals surface area contributed by atoms with Gasteiger partial charge < -0.3 is 24.2 Å². The minimum absolute atomic E-state index is 0.171. The van der Waals surface area contributed by atoms with Crippen molar-refractivity contribution < 1.29 is 24.1 Å². The molecular weight excluding hydrogens is 526 g/mol. The van der Waals surface area contributed by atoms with Gasteiger partial charge in [0, 0.05) is 42.5 Å². The summed E-state index contributed by atoms with van der Waals surface area (Å²) >= 11 is 6.40. The van der Waals surface area contributed by atoms with Crippen LogP contribution in [0.2, 0.25) is 5.02 Å². The molecule has 2 fully saturated rings. The first kappa shape index (κ1) is 27.9. The van der Waals surface area contributed by atoms with Crippen LogP contribution in [-0.2, 0) is 21.3 Å². The van der Waals surface area contributed by atoms with Crippen molar-refractivity contribution in [3.8, 4) is 5.75 Å². The molecule has 2 aromatic rings. The SMILES string of the molecule is CCCO[C@@H]1C[C@H]([C@@H]2CC[C@H]2CN2C[C@@]3(CCCc4cc(Cl)ccc43)COc3ccc(C(=O)O)cc32)OC[C@H]1C. The van der Waals surface area contributed by atoms with Gasteiger partial charge in [-0.05, 0) is 91.8 Å². The van der Waals surface area contributed by atoms with E-state index in [1.807, 2.05) is 18.2 Å². The highest BCUT2D eigenvalue weighted by molar-refractivity contribution is 6.30. The lowest BCUT2D eigenvalue weighted by molar-refractivity contribution is -0.141. The number of benzene rings is 2. The summed E-state index contributed by atoms with van der Waals surface area (Å²) in [5.41, 5.74) is 3.65. The molecule has 216 valence electrons. The van der Waals surface area contributed by atoms with E-state index in [1.54, 1.807) is 6.07 Å². The minimum atomic E-state index is -0.913. The van der Waals surface area contributed by atoms with Gasteiger partial charge in [-0.2, -0.15) is 0 Å². The van der Waals surface area contributed by atoms with Crippen LogP contribution in [0.5, 0.6) is 5.75 Å². The third-order valence-corrected chi connectivity index (χ3v) is 10.1. The largest absolute Gasteiger partial charge is 0.490 e. The molecule has 6 nitrogen and oxygen atoms in total. The number of hydrogen-bond acceptors (Lipinski definition) is 5. The van der Waals surface area contributed by atoms with Crippen LogP contribution >= 0.6 is 11.6 Å². The number of aryl methyl sites for hydroxylation is 1. The highest BCUT2D eigenvalue weighted by Gasteiger charge is 2.46. The summed E-state index contributed by atoms with van der Waals surface area (Å²) in [7, 11) is 0. The van der Waals surface area contributed by atoms with Crippen LogP contribution < -0.4 is 9.64 Å². The monoisotopic (exact) mass is 567 g/mol. The number of ether oxygens (including phenoxy) is 3. The summed E-state index contributed by atoms with van der Waals surface area (Å²) in [6.07, 6.45) is 7.95. The molecule has 2 aliphatic carbocycles. The molecule has 6 atom stereocenters. The summed E-state index contributed by atoms with van der Waals surface area (Å²) in [6, 6.07) is 11.6. The molecule has 0 unspecified atom stereocenters. The summed E-state index contributed by atoms with van der Waals surface area (Å²) < 4.78 is 19.2. The first-order chi connectivity index (χ1) is 19.4. The molecule has 6 rings (SSSR count). The highest BCUT2D eigenvalue weighted by atomic mass is 35.5. The van der Waals surface area contributed by atoms with Crippen LogP contribution in [0, 0.1) is 17.8 Å². The third-order valence-electron chi connectivity index (χ3n) is 9.90. The number of halogens is 1. The Morgan fingerprint density at radius 3 is 2.88 bits per heavy atom. The molecule has 7 heteroatoms. The van der Waals surface area contributed by atoms with Gasteiger partial charge in [0.15, 0.2) is 0 Å². The highest BCUT2D eigenvalue weighted by Crippen LogP contribution is 2.47. The Kier molecular flexibility index (Phi) is 8.04. The Labute approximate surface area is 242 Å². The van der Waals surface area contributed by atoms with E-state index in [1.165, 1.54) is 17.5 Å². The maximum Gasteiger partial charge on any atom is 0.335 e. The number of carboxylic acids is 1. The van der Waals surface area contributed by atoms with Crippen molar-refractivity contribution >= 4 is 23.3 Å². The van der Waals surface area contributed by atoms with E-state index in [2.05, 4.69) is 30.9 Å². The van der Waals surface area contributed by atoms with E-state index < -0.39 is 5.97 Å². The Hall–Kier alpha value is -2.28. The Morgan fingerprint density at radius 2 is 2.10 bits per heavy atom. The molecule has 1 spiro atoms. The number of anilines is 1. The fourth-order valence-electron chi connectivity index (χ4n) is 7.55. The number of aromatic carboxylic acids is 1. The van der Waals surface area contributed by atoms with Gasteiger partial charge in [-0.25, -0.2) is 4.79 Å². The lowest BCUT2D eigenvalue weighted by Crippen LogP contribution is -2.51. The second-order valence-corrected chi connectivity index (χ2v) is 13.0. The van der Waals surface area contributed by atoms with Crippen molar-refractivity contribution in [1.82, 2.24) is 0 Å². The van der Waals surface area contributed by atoms with E-state index in [-0.39, 0.29) is 17.6 Å². The summed E-state index contributed by atoms with van der Waals surface area (Å²) in [5.74, 6) is 1.25. The number of carboxylic acid groups (broad SMARTS) is 1. The fraction of sp³-hybridized carbons (Fsp3) is 0.606. The van der Waals surface area contributed by atoms with Gasteiger partial charge in [0.25, 0.3) is 0 Å². The molecule has 0 radical (unpaired) electrons. The van der Waals surface area contributed by atoms with Crippen LogP contribution in [0.4, 0.5) is 5.69 Å². The Bertz CT molecular complexity index is 1240. The zero-order chi connectivity index (χ0) is 27.9. The maximum atomic E-state index is 12.0. The van der Waals surface area contributed by atoms with Crippen LogP contribution in [-0.4, -0.2) is 56.2 Å². The van der Waals surface area contributed by atoms with Crippen molar-refractivity contribution in [3.05, 3.63) is 58.1 Å². The molecule has 0 bridgehead atoms. The molecule has 1 N–H and O–H groups in total. The minimum Gasteiger partial charge on any atom is -0.490 e. The van der Waals surface area contributed by atoms with Crippen LogP contribution in [0.3, 0.4) is 0 Å². The zero-order valence-electron chi connectivity index (χ0n) is 23.7.